The van der Waals surface area contributed by atoms with E-state index in [4.69, 9.17) is 18.9 Å². The van der Waals surface area contributed by atoms with Crippen LogP contribution in [0, 0.1) is 0 Å². The van der Waals surface area contributed by atoms with Gasteiger partial charge in [-0.3, -0.25) is 4.79 Å². The van der Waals surface area contributed by atoms with Crippen molar-refractivity contribution in [2.75, 3.05) is 52.9 Å². The number of hydrogen-bond donors (Lipinski definition) is 1. The molecule has 0 spiro atoms. The highest BCUT2D eigenvalue weighted by Gasteiger charge is 2.27. The molecule has 3 amide bonds. The first-order chi connectivity index (χ1) is 19.5. The van der Waals surface area contributed by atoms with Crippen LogP contribution in [-0.2, 0) is 22.5 Å². The third kappa shape index (κ3) is 8.12. The summed E-state index contributed by atoms with van der Waals surface area (Å²) in [5.74, 6) is 1.87. The van der Waals surface area contributed by atoms with E-state index in [2.05, 4.69) is 5.32 Å². The second-order valence-electron chi connectivity index (χ2n) is 9.51. The molecular formula is C30H37N3O6S. The Morgan fingerprint density at radius 1 is 1.00 bits per heavy atom. The fraction of sp³-hybridized carbons (Fsp3) is 0.400. The molecule has 1 atom stereocenters. The number of nitrogens with zero attached hydrogens (tertiary/aromatic N) is 2. The highest BCUT2D eigenvalue weighted by molar-refractivity contribution is 7.09. The number of methoxy groups -OCH3 is 3. The highest BCUT2D eigenvalue weighted by atomic mass is 32.1. The number of carbonyl (C=O) groups is 2. The first-order valence-corrected chi connectivity index (χ1v) is 14.2. The number of benzene rings is 2. The van der Waals surface area contributed by atoms with Gasteiger partial charge in [0.1, 0.15) is 12.3 Å². The van der Waals surface area contributed by atoms with E-state index in [1.807, 2.05) is 40.6 Å². The summed E-state index contributed by atoms with van der Waals surface area (Å²) < 4.78 is 21.8. The summed E-state index contributed by atoms with van der Waals surface area (Å²) in [4.78, 5) is 31.6. The molecule has 214 valence electrons. The predicted molar refractivity (Wildman–Crippen MR) is 156 cm³/mol. The van der Waals surface area contributed by atoms with Crippen LogP contribution in [0.1, 0.15) is 23.3 Å². The van der Waals surface area contributed by atoms with Crippen molar-refractivity contribution in [3.8, 4) is 17.2 Å². The molecule has 1 fully saturated rings. The van der Waals surface area contributed by atoms with Crippen LogP contribution >= 0.6 is 11.3 Å². The lowest BCUT2D eigenvalue weighted by molar-refractivity contribution is -0.132. The van der Waals surface area contributed by atoms with Gasteiger partial charge in [-0.1, -0.05) is 12.1 Å². The molecule has 0 bridgehead atoms. The fourth-order valence-corrected chi connectivity index (χ4v) is 5.30. The van der Waals surface area contributed by atoms with E-state index in [1.165, 1.54) is 0 Å². The molecule has 3 aromatic rings. The lowest BCUT2D eigenvalue weighted by Crippen LogP contribution is -2.47. The molecule has 4 rings (SSSR count). The van der Waals surface area contributed by atoms with Crippen LogP contribution in [0.4, 0.5) is 10.5 Å². The lowest BCUT2D eigenvalue weighted by Gasteiger charge is -2.29. The smallest absolute Gasteiger partial charge is 0.322 e. The number of urea groups is 1. The maximum Gasteiger partial charge on any atom is 0.322 e. The van der Waals surface area contributed by atoms with E-state index in [9.17, 15) is 9.59 Å². The largest absolute Gasteiger partial charge is 0.497 e. The van der Waals surface area contributed by atoms with Gasteiger partial charge in [-0.25, -0.2) is 4.79 Å². The average Bonchev–Trinajstić information content (AvgIpc) is 3.69. The molecule has 1 aliphatic heterocycles. The Hall–Kier alpha value is -3.76. The second-order valence-corrected chi connectivity index (χ2v) is 10.5. The summed E-state index contributed by atoms with van der Waals surface area (Å²) in [7, 11) is 4.80. The first-order valence-electron chi connectivity index (χ1n) is 13.3. The molecule has 1 saturated heterocycles. The van der Waals surface area contributed by atoms with Gasteiger partial charge in [0.2, 0.25) is 5.91 Å². The minimum Gasteiger partial charge on any atom is -0.497 e. The van der Waals surface area contributed by atoms with E-state index in [0.29, 0.717) is 55.6 Å². The van der Waals surface area contributed by atoms with E-state index < -0.39 is 0 Å². The number of anilines is 1. The maximum absolute atomic E-state index is 13.7. The molecule has 10 heteroatoms. The minimum absolute atomic E-state index is 0.0564. The zero-order valence-electron chi connectivity index (χ0n) is 23.3. The van der Waals surface area contributed by atoms with Gasteiger partial charge in [0.25, 0.3) is 0 Å². The molecule has 0 saturated carbocycles. The van der Waals surface area contributed by atoms with Crippen molar-refractivity contribution in [1.82, 2.24) is 9.80 Å². The van der Waals surface area contributed by atoms with Crippen molar-refractivity contribution in [2.24, 2.45) is 0 Å². The number of thiophene rings is 1. The Kier molecular flexibility index (Phi) is 10.7. The van der Waals surface area contributed by atoms with Gasteiger partial charge in [0.05, 0.1) is 34.0 Å². The van der Waals surface area contributed by atoms with Gasteiger partial charge >= 0.3 is 6.03 Å². The van der Waals surface area contributed by atoms with Crippen molar-refractivity contribution in [3.63, 3.8) is 0 Å². The summed E-state index contributed by atoms with van der Waals surface area (Å²) in [6.07, 6.45) is 2.34. The van der Waals surface area contributed by atoms with Crippen LogP contribution in [0.2, 0.25) is 0 Å². The lowest BCUT2D eigenvalue weighted by atomic mass is 10.1. The number of nitrogens with one attached hydrogen (secondary N) is 1. The first kappa shape index (κ1) is 29.2. The van der Waals surface area contributed by atoms with Crippen molar-refractivity contribution >= 4 is 29.0 Å². The average molecular weight is 568 g/mol. The van der Waals surface area contributed by atoms with E-state index >= 15 is 0 Å². The minimum atomic E-state index is -0.343. The van der Waals surface area contributed by atoms with Crippen molar-refractivity contribution < 1.29 is 28.5 Å². The Balaban J connectivity index is 1.48. The zero-order chi connectivity index (χ0) is 28.3. The molecule has 1 aromatic heterocycles. The monoisotopic (exact) mass is 567 g/mol. The number of amides is 3. The number of carbonyl (C=O) groups excluding carboxylic acids is 2. The van der Waals surface area contributed by atoms with Crippen LogP contribution in [0.25, 0.3) is 0 Å². The molecular weight excluding hydrogens is 530 g/mol. The molecule has 1 unspecified atom stereocenters. The van der Waals surface area contributed by atoms with Crippen LogP contribution in [-0.4, -0.2) is 75.4 Å². The third-order valence-electron chi connectivity index (χ3n) is 6.80. The SMILES string of the molecule is COc1ccc(NC(=O)N(CC(=O)N(CCc2ccc(OC)c(OC)c2)Cc2cccs2)CC2CCCO2)cc1. The molecule has 1 aliphatic rings. The standard InChI is InChI=1S/C30H37N3O6S/c1-36-24-11-9-23(10-12-24)31-30(35)33(19-25-6-4-16-39-25)21-29(34)32(20-26-7-5-17-40-26)15-14-22-8-13-27(37-2)28(18-22)38-3/h5,7-13,17-18,25H,4,6,14-16,19-21H2,1-3H3,(H,31,35). The second kappa shape index (κ2) is 14.6. The number of ether oxygens (including phenoxy) is 4. The third-order valence-corrected chi connectivity index (χ3v) is 7.66. The van der Waals surface area contributed by atoms with Crippen molar-refractivity contribution in [3.05, 3.63) is 70.4 Å². The molecule has 0 radical (unpaired) electrons. The van der Waals surface area contributed by atoms with E-state index in [0.717, 1.165) is 23.3 Å². The van der Waals surface area contributed by atoms with Gasteiger partial charge in [-0.15, -0.1) is 11.3 Å². The van der Waals surface area contributed by atoms with Crippen LogP contribution in [0.15, 0.2) is 60.0 Å². The van der Waals surface area contributed by atoms with Gasteiger partial charge in [-0.2, -0.15) is 0 Å². The van der Waals surface area contributed by atoms with Crippen LogP contribution < -0.4 is 19.5 Å². The Morgan fingerprint density at radius 2 is 1.80 bits per heavy atom. The van der Waals surface area contributed by atoms with Gasteiger partial charge in [-0.05, 0) is 72.7 Å². The summed E-state index contributed by atoms with van der Waals surface area (Å²) >= 11 is 1.60. The maximum atomic E-state index is 13.7. The predicted octanol–water partition coefficient (Wildman–Crippen LogP) is 5.06. The van der Waals surface area contributed by atoms with Crippen LogP contribution in [0.3, 0.4) is 0 Å². The van der Waals surface area contributed by atoms with Gasteiger partial charge < -0.3 is 34.1 Å². The summed E-state index contributed by atoms with van der Waals surface area (Å²) in [6, 6.07) is 16.5. The van der Waals surface area contributed by atoms with E-state index in [1.54, 1.807) is 61.8 Å². The molecule has 2 heterocycles. The normalized spacial score (nSPS) is 14.4. The highest BCUT2D eigenvalue weighted by Crippen LogP contribution is 2.28. The van der Waals surface area contributed by atoms with Crippen LogP contribution in [0.5, 0.6) is 17.2 Å². The van der Waals surface area contributed by atoms with Gasteiger partial charge in [0, 0.05) is 30.3 Å². The Bertz CT molecular complexity index is 1230. The Morgan fingerprint density at radius 3 is 2.45 bits per heavy atom. The number of rotatable bonds is 13. The molecule has 0 aliphatic carbocycles. The molecule has 9 nitrogen and oxygen atoms in total. The zero-order valence-corrected chi connectivity index (χ0v) is 24.1. The summed E-state index contributed by atoms with van der Waals surface area (Å²) in [5.41, 5.74) is 1.65. The fourth-order valence-electron chi connectivity index (χ4n) is 4.58. The van der Waals surface area contributed by atoms with Crippen molar-refractivity contribution in [1.29, 1.82) is 0 Å². The quantitative estimate of drug-likeness (QED) is 0.311. The van der Waals surface area contributed by atoms with E-state index in [-0.39, 0.29) is 24.6 Å². The summed E-state index contributed by atoms with van der Waals surface area (Å²) in [6.45, 7) is 1.91. The Labute approximate surface area is 239 Å². The van der Waals surface area contributed by atoms with Gasteiger partial charge in [0.15, 0.2) is 11.5 Å². The number of hydrogen-bond acceptors (Lipinski definition) is 7. The molecule has 1 N–H and O–H groups in total. The molecule has 40 heavy (non-hydrogen) atoms. The topological polar surface area (TPSA) is 89.6 Å². The van der Waals surface area contributed by atoms with Crippen molar-refractivity contribution in [2.45, 2.75) is 31.9 Å². The molecule has 2 aromatic carbocycles. The summed E-state index contributed by atoms with van der Waals surface area (Å²) in [5, 5.41) is 4.92.